The van der Waals surface area contributed by atoms with Crippen LogP contribution in [0.1, 0.15) is 56.7 Å². The summed E-state index contributed by atoms with van der Waals surface area (Å²) in [5.41, 5.74) is 0.496. The molecule has 190 valence electrons. The number of aromatic nitrogens is 2. The van der Waals surface area contributed by atoms with Crippen LogP contribution >= 0.6 is 0 Å². The number of hydrogen-bond acceptors (Lipinski definition) is 4. The lowest BCUT2D eigenvalue weighted by molar-refractivity contribution is -0.136. The van der Waals surface area contributed by atoms with Crippen molar-refractivity contribution in [3.63, 3.8) is 0 Å². The minimum Gasteiger partial charge on any atom is -0.492 e. The quantitative estimate of drug-likeness (QED) is 0.377. The highest BCUT2D eigenvalue weighted by Crippen LogP contribution is 2.38. The fourth-order valence-electron chi connectivity index (χ4n) is 4.75. The lowest BCUT2D eigenvalue weighted by Gasteiger charge is -2.35. The average Bonchev–Trinajstić information content (AvgIpc) is 3.20. The molecule has 3 aromatic rings. The summed E-state index contributed by atoms with van der Waals surface area (Å²) in [6.07, 6.45) is -1.60. The van der Waals surface area contributed by atoms with Gasteiger partial charge in [-0.2, -0.15) is 22.0 Å². The fraction of sp³-hybridized carbons (Fsp3) is 0.480. The smallest absolute Gasteiger partial charge is 0.418 e. The predicted molar refractivity (Wildman–Crippen MR) is 122 cm³/mol. The van der Waals surface area contributed by atoms with E-state index in [9.17, 15) is 22.0 Å². The van der Waals surface area contributed by atoms with E-state index in [0.717, 1.165) is 18.1 Å². The van der Waals surface area contributed by atoms with E-state index >= 15 is 0 Å². The van der Waals surface area contributed by atoms with Crippen molar-refractivity contribution in [2.45, 2.75) is 70.4 Å². The summed E-state index contributed by atoms with van der Waals surface area (Å²) in [4.78, 5) is 4.17. The molecule has 2 aromatic carbocycles. The molecule has 0 amide bonds. The lowest BCUT2D eigenvalue weighted by atomic mass is 9.83. The topological polar surface area (TPSA) is 48.3 Å². The van der Waals surface area contributed by atoms with Crippen LogP contribution in [0.2, 0.25) is 0 Å². The van der Waals surface area contributed by atoms with Crippen LogP contribution in [0.15, 0.2) is 42.7 Å². The monoisotopic (exact) mass is 497 g/mol. The molecule has 0 saturated carbocycles. The minimum atomic E-state index is -4.55. The molecule has 2 heterocycles. The van der Waals surface area contributed by atoms with Gasteiger partial charge in [-0.15, -0.1) is 0 Å². The molecule has 0 spiro atoms. The number of rotatable bonds is 7. The van der Waals surface area contributed by atoms with Crippen LogP contribution < -0.4 is 14.8 Å². The van der Waals surface area contributed by atoms with Gasteiger partial charge in [0.05, 0.1) is 22.9 Å². The highest BCUT2D eigenvalue weighted by Gasteiger charge is 2.35. The van der Waals surface area contributed by atoms with Gasteiger partial charge < -0.3 is 19.4 Å². The Morgan fingerprint density at radius 3 is 2.43 bits per heavy atom. The van der Waals surface area contributed by atoms with Gasteiger partial charge in [-0.1, -0.05) is 12.1 Å². The molecule has 1 aromatic heterocycles. The minimum absolute atomic E-state index is 0.0450. The van der Waals surface area contributed by atoms with E-state index in [4.69, 9.17) is 4.74 Å². The normalized spacial score (nSPS) is 21.1. The number of benzene rings is 2. The summed E-state index contributed by atoms with van der Waals surface area (Å²) in [6, 6.07) is 9.03. The Kier molecular flexibility index (Phi) is 7.21. The molecule has 0 bridgehead atoms. The van der Waals surface area contributed by atoms with Crippen LogP contribution in [0.3, 0.4) is 0 Å². The molecule has 1 saturated heterocycles. The maximum Gasteiger partial charge on any atom is 0.418 e. The van der Waals surface area contributed by atoms with Crippen molar-refractivity contribution in [1.82, 2.24) is 14.9 Å². The molecule has 1 N–H and O–H groups in total. The standard InChI is InChI=1S/C25H28F5N3O2/c1-14(2)33-13-31-22-11-20(10-21(23(22)33)25(28,29)30)34-12-18-9-17(8-15(3)32-18)16-4-6-19(7-5-16)35-24(26)27/h4-7,10-11,13-15,17-18,24,32H,8-9,12H2,1-3H3. The fourth-order valence-corrected chi connectivity index (χ4v) is 4.75. The summed E-state index contributed by atoms with van der Waals surface area (Å²) >= 11 is 0. The zero-order valence-electron chi connectivity index (χ0n) is 19.7. The number of piperidine rings is 1. The average molecular weight is 498 g/mol. The number of halogens is 5. The second-order valence-corrected chi connectivity index (χ2v) is 9.27. The SMILES string of the molecule is CC1CC(c2ccc(OC(F)F)cc2)CC(COc2cc(C(F)(F)F)c3c(c2)ncn3C(C)C)N1. The van der Waals surface area contributed by atoms with Gasteiger partial charge in [0.25, 0.3) is 0 Å². The van der Waals surface area contributed by atoms with Gasteiger partial charge in [-0.05, 0) is 63.3 Å². The Morgan fingerprint density at radius 2 is 1.80 bits per heavy atom. The Balaban J connectivity index is 1.49. The van der Waals surface area contributed by atoms with Crippen LogP contribution in [-0.2, 0) is 6.18 Å². The van der Waals surface area contributed by atoms with Gasteiger partial charge in [-0.3, -0.25) is 0 Å². The van der Waals surface area contributed by atoms with E-state index in [1.54, 1.807) is 26.0 Å². The Labute approximate surface area is 200 Å². The lowest BCUT2D eigenvalue weighted by Crippen LogP contribution is -2.46. The van der Waals surface area contributed by atoms with Gasteiger partial charge in [0.2, 0.25) is 0 Å². The molecule has 0 aliphatic carbocycles. The number of ether oxygens (including phenoxy) is 2. The third-order valence-electron chi connectivity index (χ3n) is 6.26. The van der Waals surface area contributed by atoms with E-state index in [0.29, 0.717) is 6.42 Å². The van der Waals surface area contributed by atoms with Gasteiger partial charge in [0.15, 0.2) is 0 Å². The van der Waals surface area contributed by atoms with Gasteiger partial charge >= 0.3 is 12.8 Å². The van der Waals surface area contributed by atoms with E-state index in [1.165, 1.54) is 29.1 Å². The van der Waals surface area contributed by atoms with Crippen molar-refractivity contribution in [3.05, 3.63) is 53.9 Å². The highest BCUT2D eigenvalue weighted by atomic mass is 19.4. The third-order valence-corrected chi connectivity index (χ3v) is 6.26. The molecule has 3 atom stereocenters. The molecule has 1 aliphatic heterocycles. The zero-order valence-corrected chi connectivity index (χ0v) is 19.7. The zero-order chi connectivity index (χ0) is 25.3. The summed E-state index contributed by atoms with van der Waals surface area (Å²) in [5.74, 6) is 0.362. The van der Waals surface area contributed by atoms with Crippen LogP contribution in [0.5, 0.6) is 11.5 Å². The van der Waals surface area contributed by atoms with E-state index in [2.05, 4.69) is 15.0 Å². The van der Waals surface area contributed by atoms with E-state index < -0.39 is 18.4 Å². The molecule has 0 radical (unpaired) electrons. The van der Waals surface area contributed by atoms with Gasteiger partial charge in [0.1, 0.15) is 18.1 Å². The second kappa shape index (κ2) is 10.0. The maximum absolute atomic E-state index is 13.8. The van der Waals surface area contributed by atoms with Crippen molar-refractivity contribution < 1.29 is 31.4 Å². The van der Waals surface area contributed by atoms with Crippen LogP contribution in [0, 0.1) is 0 Å². The number of nitrogens with one attached hydrogen (secondary N) is 1. The molecular weight excluding hydrogens is 469 g/mol. The first kappa shape index (κ1) is 25.2. The molecule has 10 heteroatoms. The van der Waals surface area contributed by atoms with Crippen molar-refractivity contribution in [1.29, 1.82) is 0 Å². The molecule has 3 unspecified atom stereocenters. The van der Waals surface area contributed by atoms with Crippen molar-refractivity contribution >= 4 is 11.0 Å². The molecule has 1 fully saturated rings. The summed E-state index contributed by atoms with van der Waals surface area (Å²) in [5, 5.41) is 3.43. The predicted octanol–water partition coefficient (Wildman–Crippen LogP) is 6.54. The van der Waals surface area contributed by atoms with Gasteiger partial charge in [-0.25, -0.2) is 4.98 Å². The van der Waals surface area contributed by atoms with Crippen LogP contribution in [-0.4, -0.2) is 34.9 Å². The van der Waals surface area contributed by atoms with Crippen molar-refractivity contribution in [2.75, 3.05) is 6.61 Å². The van der Waals surface area contributed by atoms with Gasteiger partial charge in [0, 0.05) is 24.2 Å². The molecule has 4 rings (SSSR count). The number of alkyl halides is 5. The summed E-state index contributed by atoms with van der Waals surface area (Å²) < 4.78 is 78.1. The highest BCUT2D eigenvalue weighted by molar-refractivity contribution is 5.81. The molecular formula is C25H28F5N3O2. The number of imidazole rings is 1. The summed E-state index contributed by atoms with van der Waals surface area (Å²) in [7, 11) is 0. The number of fused-ring (bicyclic) bond motifs is 1. The Morgan fingerprint density at radius 1 is 1.09 bits per heavy atom. The second-order valence-electron chi connectivity index (χ2n) is 9.27. The first-order valence-corrected chi connectivity index (χ1v) is 11.5. The van der Waals surface area contributed by atoms with E-state index in [-0.39, 0.29) is 53.2 Å². The molecule has 1 aliphatic rings. The first-order valence-electron chi connectivity index (χ1n) is 11.5. The van der Waals surface area contributed by atoms with E-state index in [1.807, 2.05) is 6.92 Å². The van der Waals surface area contributed by atoms with Crippen molar-refractivity contribution in [2.24, 2.45) is 0 Å². The Bertz CT molecular complexity index is 1140. The largest absolute Gasteiger partial charge is 0.492 e. The molecule has 35 heavy (non-hydrogen) atoms. The molecule has 5 nitrogen and oxygen atoms in total. The number of hydrogen-bond donors (Lipinski definition) is 1. The first-order chi connectivity index (χ1) is 16.5. The maximum atomic E-state index is 13.8. The summed E-state index contributed by atoms with van der Waals surface area (Å²) in [6.45, 7) is 2.94. The van der Waals surface area contributed by atoms with Crippen LogP contribution in [0.4, 0.5) is 22.0 Å². The van der Waals surface area contributed by atoms with Crippen LogP contribution in [0.25, 0.3) is 11.0 Å². The number of nitrogens with zero attached hydrogens (tertiary/aromatic N) is 2. The third kappa shape index (κ3) is 5.86. The van der Waals surface area contributed by atoms with Crippen molar-refractivity contribution in [3.8, 4) is 11.5 Å². The Hall–Kier alpha value is -2.88.